The highest BCUT2D eigenvalue weighted by Crippen LogP contribution is 2.35. The van der Waals surface area contributed by atoms with Gasteiger partial charge in [0, 0.05) is 17.1 Å². The topological polar surface area (TPSA) is 116 Å². The Morgan fingerprint density at radius 1 is 1.15 bits per heavy atom. The zero-order valence-corrected chi connectivity index (χ0v) is 15.1. The van der Waals surface area contributed by atoms with Gasteiger partial charge in [-0.05, 0) is 29.8 Å². The van der Waals surface area contributed by atoms with Gasteiger partial charge in [0.05, 0.1) is 7.11 Å². The van der Waals surface area contributed by atoms with Crippen LogP contribution in [0.5, 0.6) is 17.2 Å². The van der Waals surface area contributed by atoms with Crippen molar-refractivity contribution in [1.82, 2.24) is 5.32 Å². The number of benzene rings is 2. The highest BCUT2D eigenvalue weighted by Gasteiger charge is 2.23. The molecule has 0 unspecified atom stereocenters. The van der Waals surface area contributed by atoms with Gasteiger partial charge in [-0.25, -0.2) is 9.18 Å². The predicted molar refractivity (Wildman–Crippen MR) is 97.3 cm³/mol. The summed E-state index contributed by atoms with van der Waals surface area (Å²) in [5.41, 5.74) is 0.713. The molecule has 0 bridgehead atoms. The van der Waals surface area contributed by atoms with Crippen LogP contribution < -0.4 is 5.32 Å². The first-order valence-corrected chi connectivity index (χ1v) is 8.93. The fourth-order valence-corrected chi connectivity index (χ4v) is 3.16. The molecule has 0 spiro atoms. The molecule has 0 aromatic heterocycles. The number of esters is 1. The molecule has 0 saturated heterocycles. The molecular weight excluding hydrogens is 377 g/mol. The van der Waals surface area contributed by atoms with Gasteiger partial charge in [0.25, 0.3) is 5.91 Å². The van der Waals surface area contributed by atoms with E-state index in [0.717, 1.165) is 17.7 Å². The molecule has 144 valence electrons. The molecule has 0 saturated carbocycles. The van der Waals surface area contributed by atoms with E-state index < -0.39 is 35.2 Å². The summed E-state index contributed by atoms with van der Waals surface area (Å²) in [5, 5.41) is 30.8. The second-order valence-corrected chi connectivity index (χ2v) is 6.58. The molecule has 9 heteroatoms. The lowest BCUT2D eigenvalue weighted by molar-refractivity contribution is -0.142. The van der Waals surface area contributed by atoms with E-state index in [1.807, 2.05) is 0 Å². The van der Waals surface area contributed by atoms with Gasteiger partial charge in [-0.3, -0.25) is 4.79 Å². The zero-order chi connectivity index (χ0) is 20.0. The van der Waals surface area contributed by atoms with E-state index in [1.165, 1.54) is 31.0 Å². The first-order valence-electron chi connectivity index (χ1n) is 7.77. The minimum absolute atomic E-state index is 0.139. The van der Waals surface area contributed by atoms with E-state index >= 15 is 0 Å². The lowest BCUT2D eigenvalue weighted by Gasteiger charge is -2.16. The molecular formula is C18H18FNO6S. The van der Waals surface area contributed by atoms with Crippen LogP contribution in [-0.4, -0.2) is 46.1 Å². The molecule has 0 radical (unpaired) electrons. The van der Waals surface area contributed by atoms with Crippen molar-refractivity contribution >= 4 is 23.6 Å². The van der Waals surface area contributed by atoms with Crippen molar-refractivity contribution in [1.29, 1.82) is 0 Å². The molecule has 0 aliphatic heterocycles. The molecule has 2 rings (SSSR count). The summed E-state index contributed by atoms with van der Waals surface area (Å²) in [6, 6.07) is 6.85. The summed E-state index contributed by atoms with van der Waals surface area (Å²) in [6.07, 6.45) is 0. The van der Waals surface area contributed by atoms with E-state index in [1.54, 1.807) is 12.1 Å². The van der Waals surface area contributed by atoms with Gasteiger partial charge in [-0.15, -0.1) is 0 Å². The smallest absolute Gasteiger partial charge is 0.329 e. The van der Waals surface area contributed by atoms with E-state index in [4.69, 9.17) is 0 Å². The van der Waals surface area contributed by atoms with Gasteiger partial charge in [0.15, 0.2) is 17.2 Å². The van der Waals surface area contributed by atoms with Crippen LogP contribution in [0.4, 0.5) is 4.39 Å². The van der Waals surface area contributed by atoms with Crippen molar-refractivity contribution in [2.45, 2.75) is 11.8 Å². The van der Waals surface area contributed by atoms with Gasteiger partial charge >= 0.3 is 5.97 Å². The number of phenolic OH excluding ortho intramolecular Hbond substituents is 3. The number of rotatable bonds is 7. The van der Waals surface area contributed by atoms with Crippen LogP contribution >= 0.6 is 11.8 Å². The fourth-order valence-electron chi connectivity index (χ4n) is 2.16. The van der Waals surface area contributed by atoms with Crippen LogP contribution in [-0.2, 0) is 15.3 Å². The quantitative estimate of drug-likeness (QED) is 0.419. The first kappa shape index (κ1) is 20.4. The van der Waals surface area contributed by atoms with Crippen molar-refractivity contribution in [3.63, 3.8) is 0 Å². The number of halogens is 1. The second-order valence-electron chi connectivity index (χ2n) is 5.55. The number of carbonyl (C=O) groups is 2. The molecule has 4 N–H and O–H groups in total. The highest BCUT2D eigenvalue weighted by molar-refractivity contribution is 7.98. The molecule has 1 atom stereocenters. The standard InChI is InChI=1S/C18H18FNO6S/c1-26-18(25)13(9-27-8-10-2-4-12(19)5-3-10)20-17(24)11-6-14(21)16(23)15(22)7-11/h2-7,13,21-23H,8-9H2,1H3,(H,20,24)/t13-/m0/s1. The minimum atomic E-state index is -0.981. The summed E-state index contributed by atoms with van der Waals surface area (Å²) in [4.78, 5) is 24.2. The number of hydrogen-bond acceptors (Lipinski definition) is 7. The number of thioether (sulfide) groups is 1. The number of hydrogen-bond donors (Lipinski definition) is 4. The summed E-state index contributed by atoms with van der Waals surface area (Å²) in [6.45, 7) is 0. The Kier molecular flexibility index (Phi) is 6.89. The number of nitrogens with one attached hydrogen (secondary N) is 1. The Morgan fingerprint density at radius 3 is 2.30 bits per heavy atom. The first-order chi connectivity index (χ1) is 12.8. The molecule has 0 heterocycles. The Hall–Kier alpha value is -2.94. The predicted octanol–water partition coefficient (Wildman–Crippen LogP) is 2.15. The zero-order valence-electron chi connectivity index (χ0n) is 14.3. The Bertz CT molecular complexity index is 804. The molecule has 27 heavy (non-hydrogen) atoms. The van der Waals surface area contributed by atoms with Crippen LogP contribution in [0.3, 0.4) is 0 Å². The lowest BCUT2D eigenvalue weighted by atomic mass is 10.1. The number of ether oxygens (including phenoxy) is 1. The molecule has 7 nitrogen and oxygen atoms in total. The summed E-state index contributed by atoms with van der Waals surface area (Å²) < 4.78 is 17.6. The molecule has 2 aromatic carbocycles. The molecule has 0 fully saturated rings. The van der Waals surface area contributed by atoms with Crippen molar-refractivity contribution in [3.05, 3.63) is 53.3 Å². The number of amides is 1. The maximum absolute atomic E-state index is 12.9. The third-order valence-corrected chi connectivity index (χ3v) is 4.70. The molecule has 2 aromatic rings. The average molecular weight is 395 g/mol. The summed E-state index contributed by atoms with van der Waals surface area (Å²) in [5.74, 6) is -3.15. The molecule has 0 aliphatic rings. The second kappa shape index (κ2) is 9.13. The Labute approximate surface area is 158 Å². The Balaban J connectivity index is 2.02. The van der Waals surface area contributed by atoms with Crippen molar-refractivity contribution in [2.24, 2.45) is 0 Å². The van der Waals surface area contributed by atoms with Crippen molar-refractivity contribution in [3.8, 4) is 17.2 Å². The van der Waals surface area contributed by atoms with Gasteiger partial charge in [0.2, 0.25) is 0 Å². The van der Waals surface area contributed by atoms with E-state index in [-0.39, 0.29) is 17.1 Å². The maximum Gasteiger partial charge on any atom is 0.329 e. The average Bonchev–Trinajstić information content (AvgIpc) is 2.65. The van der Waals surface area contributed by atoms with Crippen LogP contribution in [0.2, 0.25) is 0 Å². The van der Waals surface area contributed by atoms with Crippen LogP contribution in [0.1, 0.15) is 15.9 Å². The molecule has 1 amide bonds. The maximum atomic E-state index is 12.9. The third-order valence-electron chi connectivity index (χ3n) is 3.59. The fraction of sp³-hybridized carbons (Fsp3) is 0.222. The summed E-state index contributed by atoms with van der Waals surface area (Å²) >= 11 is 1.33. The van der Waals surface area contributed by atoms with Crippen LogP contribution in [0.15, 0.2) is 36.4 Å². The number of carbonyl (C=O) groups excluding carboxylic acids is 2. The normalized spacial score (nSPS) is 11.6. The van der Waals surface area contributed by atoms with E-state index in [0.29, 0.717) is 5.75 Å². The van der Waals surface area contributed by atoms with E-state index in [9.17, 15) is 29.3 Å². The van der Waals surface area contributed by atoms with Crippen molar-refractivity contribution < 1.29 is 34.0 Å². The van der Waals surface area contributed by atoms with Gasteiger partial charge < -0.3 is 25.4 Å². The molecule has 0 aliphatic carbocycles. The van der Waals surface area contributed by atoms with Gasteiger partial charge in [-0.2, -0.15) is 11.8 Å². The van der Waals surface area contributed by atoms with Gasteiger partial charge in [0.1, 0.15) is 11.9 Å². The van der Waals surface area contributed by atoms with Crippen LogP contribution in [0.25, 0.3) is 0 Å². The minimum Gasteiger partial charge on any atom is -0.504 e. The largest absolute Gasteiger partial charge is 0.504 e. The SMILES string of the molecule is COC(=O)[C@H](CSCc1ccc(F)cc1)NC(=O)c1cc(O)c(O)c(O)c1. The third kappa shape index (κ3) is 5.52. The highest BCUT2D eigenvalue weighted by atomic mass is 32.2. The van der Waals surface area contributed by atoms with Crippen molar-refractivity contribution in [2.75, 3.05) is 12.9 Å². The lowest BCUT2D eigenvalue weighted by Crippen LogP contribution is -2.43. The van der Waals surface area contributed by atoms with Crippen LogP contribution in [0, 0.1) is 5.82 Å². The summed E-state index contributed by atoms with van der Waals surface area (Å²) in [7, 11) is 1.18. The van der Waals surface area contributed by atoms with E-state index in [2.05, 4.69) is 10.1 Å². The Morgan fingerprint density at radius 2 is 1.74 bits per heavy atom. The number of phenols is 3. The number of methoxy groups -OCH3 is 1. The van der Waals surface area contributed by atoms with Gasteiger partial charge in [-0.1, -0.05) is 12.1 Å². The monoisotopic (exact) mass is 395 g/mol. The number of aromatic hydroxyl groups is 3.